The maximum absolute atomic E-state index is 12.7. The molecule has 8 nitrogen and oxygen atoms in total. The van der Waals surface area contributed by atoms with Gasteiger partial charge < -0.3 is 9.73 Å². The van der Waals surface area contributed by atoms with Gasteiger partial charge in [0.05, 0.1) is 16.8 Å². The number of thiophene rings is 1. The third-order valence-electron chi connectivity index (χ3n) is 3.41. The molecule has 0 unspecified atom stereocenters. The van der Waals surface area contributed by atoms with Crippen LogP contribution in [0.4, 0.5) is 5.69 Å². The van der Waals surface area contributed by atoms with Crippen molar-refractivity contribution in [2.45, 2.75) is 0 Å². The van der Waals surface area contributed by atoms with Crippen LogP contribution in [0.15, 0.2) is 53.1 Å². The standard InChI is InChI=1S/C16H12N6O2S/c1-22-8-11(13(21-22)10-7-17-4-5-18-10)20-16(23)14-15(24-9-19-14)12-3-2-6-25-12/h2-9H,1H3,(H,20,23). The molecule has 4 heterocycles. The first kappa shape index (κ1) is 15.2. The second-order valence-corrected chi connectivity index (χ2v) is 6.06. The van der Waals surface area contributed by atoms with Gasteiger partial charge in [-0.25, -0.2) is 4.98 Å². The highest BCUT2D eigenvalue weighted by molar-refractivity contribution is 7.13. The Morgan fingerprint density at radius 1 is 1.32 bits per heavy atom. The molecule has 4 aromatic heterocycles. The largest absolute Gasteiger partial charge is 0.442 e. The molecule has 4 aromatic rings. The molecule has 0 bridgehead atoms. The highest BCUT2D eigenvalue weighted by Crippen LogP contribution is 2.29. The summed E-state index contributed by atoms with van der Waals surface area (Å²) < 4.78 is 6.98. The van der Waals surface area contributed by atoms with Crippen LogP contribution in [-0.2, 0) is 7.05 Å². The molecule has 0 atom stereocenters. The van der Waals surface area contributed by atoms with Gasteiger partial charge in [-0.3, -0.25) is 19.4 Å². The molecule has 25 heavy (non-hydrogen) atoms. The third kappa shape index (κ3) is 2.92. The zero-order valence-corrected chi connectivity index (χ0v) is 13.9. The van der Waals surface area contributed by atoms with Gasteiger partial charge in [0.15, 0.2) is 17.8 Å². The van der Waals surface area contributed by atoms with Crippen LogP contribution in [0.25, 0.3) is 22.0 Å². The Balaban J connectivity index is 1.66. The van der Waals surface area contributed by atoms with E-state index < -0.39 is 0 Å². The van der Waals surface area contributed by atoms with Crippen LogP contribution in [0.1, 0.15) is 10.5 Å². The second kappa shape index (κ2) is 6.29. The lowest BCUT2D eigenvalue weighted by molar-refractivity contribution is 0.102. The summed E-state index contributed by atoms with van der Waals surface area (Å²) in [6.07, 6.45) is 7.70. The van der Waals surface area contributed by atoms with E-state index in [0.29, 0.717) is 22.8 Å². The van der Waals surface area contributed by atoms with E-state index in [1.54, 1.807) is 36.5 Å². The molecule has 0 aromatic carbocycles. The number of amides is 1. The fraction of sp³-hybridized carbons (Fsp3) is 0.0625. The molecule has 0 spiro atoms. The smallest absolute Gasteiger partial charge is 0.278 e. The van der Waals surface area contributed by atoms with Crippen LogP contribution < -0.4 is 5.32 Å². The van der Waals surface area contributed by atoms with Crippen molar-refractivity contribution < 1.29 is 9.21 Å². The van der Waals surface area contributed by atoms with Crippen molar-refractivity contribution >= 4 is 22.9 Å². The van der Waals surface area contributed by atoms with Crippen molar-refractivity contribution in [2.24, 2.45) is 7.05 Å². The Bertz CT molecular complexity index is 1010. The minimum absolute atomic E-state index is 0.219. The highest BCUT2D eigenvalue weighted by Gasteiger charge is 2.21. The lowest BCUT2D eigenvalue weighted by atomic mass is 10.2. The number of aryl methyl sites for hydroxylation is 1. The number of oxazole rings is 1. The van der Waals surface area contributed by atoms with E-state index in [9.17, 15) is 4.79 Å². The molecule has 1 N–H and O–H groups in total. The second-order valence-electron chi connectivity index (χ2n) is 5.12. The van der Waals surface area contributed by atoms with Gasteiger partial charge in [0.25, 0.3) is 5.91 Å². The van der Waals surface area contributed by atoms with Crippen molar-refractivity contribution in [1.29, 1.82) is 0 Å². The normalized spacial score (nSPS) is 10.8. The third-order valence-corrected chi connectivity index (χ3v) is 4.28. The molecule has 0 aliphatic rings. The van der Waals surface area contributed by atoms with Gasteiger partial charge in [-0.2, -0.15) is 5.10 Å². The van der Waals surface area contributed by atoms with Gasteiger partial charge >= 0.3 is 0 Å². The van der Waals surface area contributed by atoms with Crippen LogP contribution in [0.3, 0.4) is 0 Å². The van der Waals surface area contributed by atoms with Crippen molar-refractivity contribution in [3.63, 3.8) is 0 Å². The lowest BCUT2D eigenvalue weighted by Crippen LogP contribution is -2.13. The maximum Gasteiger partial charge on any atom is 0.278 e. The number of nitrogens with one attached hydrogen (secondary N) is 1. The maximum atomic E-state index is 12.7. The number of carbonyl (C=O) groups excluding carboxylic acids is 1. The van der Waals surface area contributed by atoms with E-state index in [1.807, 2.05) is 17.5 Å². The number of aromatic nitrogens is 5. The Morgan fingerprint density at radius 3 is 3.00 bits per heavy atom. The molecule has 0 saturated heterocycles. The van der Waals surface area contributed by atoms with Gasteiger partial charge in [-0.1, -0.05) is 6.07 Å². The first-order valence-corrected chi connectivity index (χ1v) is 8.19. The van der Waals surface area contributed by atoms with E-state index in [1.165, 1.54) is 17.7 Å². The molecule has 0 fully saturated rings. The van der Waals surface area contributed by atoms with Crippen LogP contribution in [0.2, 0.25) is 0 Å². The zero-order valence-electron chi connectivity index (χ0n) is 13.1. The van der Waals surface area contributed by atoms with Crippen molar-refractivity contribution in [3.8, 4) is 22.0 Å². The Hall–Kier alpha value is -3.33. The summed E-state index contributed by atoms with van der Waals surface area (Å²) in [6, 6.07) is 3.76. The number of hydrogen-bond acceptors (Lipinski definition) is 7. The van der Waals surface area contributed by atoms with E-state index in [2.05, 4.69) is 25.4 Å². The van der Waals surface area contributed by atoms with Crippen LogP contribution in [-0.4, -0.2) is 30.6 Å². The summed E-state index contributed by atoms with van der Waals surface area (Å²) in [4.78, 5) is 25.8. The summed E-state index contributed by atoms with van der Waals surface area (Å²) >= 11 is 1.47. The average Bonchev–Trinajstić information content (AvgIpc) is 3.35. The first-order chi connectivity index (χ1) is 12.2. The number of nitrogens with zero attached hydrogens (tertiary/aromatic N) is 5. The lowest BCUT2D eigenvalue weighted by Gasteiger charge is -2.04. The quantitative estimate of drug-likeness (QED) is 0.606. The van der Waals surface area contributed by atoms with Crippen molar-refractivity contribution in [2.75, 3.05) is 5.32 Å². The molecule has 4 rings (SSSR count). The molecule has 124 valence electrons. The monoisotopic (exact) mass is 352 g/mol. The number of anilines is 1. The molecular weight excluding hydrogens is 340 g/mol. The molecule has 1 amide bonds. The summed E-state index contributed by atoms with van der Waals surface area (Å²) in [5, 5.41) is 9.08. The minimum Gasteiger partial charge on any atom is -0.442 e. The van der Waals surface area contributed by atoms with Crippen LogP contribution >= 0.6 is 11.3 Å². The van der Waals surface area contributed by atoms with Gasteiger partial charge in [0.2, 0.25) is 0 Å². The van der Waals surface area contributed by atoms with Crippen molar-refractivity contribution in [1.82, 2.24) is 24.7 Å². The van der Waals surface area contributed by atoms with Crippen molar-refractivity contribution in [3.05, 3.63) is 54.4 Å². The molecule has 9 heteroatoms. The van der Waals surface area contributed by atoms with E-state index in [0.717, 1.165) is 4.88 Å². The predicted molar refractivity (Wildman–Crippen MR) is 92.0 cm³/mol. The fourth-order valence-electron chi connectivity index (χ4n) is 2.36. The number of rotatable bonds is 4. The topological polar surface area (TPSA) is 98.7 Å². The van der Waals surface area contributed by atoms with E-state index in [4.69, 9.17) is 4.42 Å². The van der Waals surface area contributed by atoms with Gasteiger partial charge in [0, 0.05) is 25.6 Å². The molecule has 0 aliphatic carbocycles. The average molecular weight is 352 g/mol. The molecular formula is C16H12N6O2S. The summed E-state index contributed by atoms with van der Waals surface area (Å²) in [6.45, 7) is 0. The Labute approximate surface area is 146 Å². The minimum atomic E-state index is -0.379. The van der Waals surface area contributed by atoms with Crippen LogP contribution in [0, 0.1) is 0 Å². The number of hydrogen-bond donors (Lipinski definition) is 1. The predicted octanol–water partition coefficient (Wildman–Crippen LogP) is 2.85. The zero-order chi connectivity index (χ0) is 17.2. The van der Waals surface area contributed by atoms with Gasteiger partial charge in [-0.15, -0.1) is 11.3 Å². The van der Waals surface area contributed by atoms with E-state index in [-0.39, 0.29) is 11.6 Å². The van der Waals surface area contributed by atoms with Gasteiger partial charge in [0.1, 0.15) is 11.4 Å². The summed E-state index contributed by atoms with van der Waals surface area (Å²) in [7, 11) is 1.77. The summed E-state index contributed by atoms with van der Waals surface area (Å²) in [5.74, 6) is 0.0627. The SMILES string of the molecule is Cn1cc(NC(=O)c2ncoc2-c2cccs2)c(-c2cnccn2)n1. The highest BCUT2D eigenvalue weighted by atomic mass is 32.1. The summed E-state index contributed by atoms with van der Waals surface area (Å²) in [5.41, 5.74) is 1.84. The van der Waals surface area contributed by atoms with Gasteiger partial charge in [-0.05, 0) is 11.4 Å². The van der Waals surface area contributed by atoms with E-state index >= 15 is 0 Å². The molecule has 0 radical (unpaired) electrons. The number of carbonyl (C=O) groups is 1. The first-order valence-electron chi connectivity index (χ1n) is 7.31. The fourth-order valence-corrected chi connectivity index (χ4v) is 3.08. The Kier molecular flexibility index (Phi) is 3.82. The molecule has 0 saturated carbocycles. The Morgan fingerprint density at radius 2 is 2.24 bits per heavy atom. The van der Waals surface area contributed by atoms with Crippen LogP contribution in [0.5, 0.6) is 0 Å². The molecule has 0 aliphatic heterocycles.